The van der Waals surface area contributed by atoms with Crippen LogP contribution in [0.15, 0.2) is 18.3 Å². The first-order valence-electron chi connectivity index (χ1n) is 6.45. The van der Waals surface area contributed by atoms with Gasteiger partial charge < -0.3 is 0 Å². The number of pyridine rings is 1. The predicted octanol–water partition coefficient (Wildman–Crippen LogP) is 4.11. The number of nitrogens with zero attached hydrogens (tertiary/aromatic N) is 1. The molecule has 1 aromatic heterocycles. The first-order chi connectivity index (χ1) is 8.88. The van der Waals surface area contributed by atoms with Crippen LogP contribution in [-0.4, -0.2) is 10.8 Å². The molecule has 2 nitrogen and oxygen atoms in total. The molecule has 0 aliphatic heterocycles. The summed E-state index contributed by atoms with van der Waals surface area (Å²) in [6.45, 7) is 2.10. The Balaban J connectivity index is 2.11. The highest BCUT2D eigenvalue weighted by Gasteiger charge is 2.32. The number of alkyl halides is 3. The van der Waals surface area contributed by atoms with Crippen molar-refractivity contribution in [3.05, 3.63) is 29.6 Å². The number of Topliss-reactive ketones (excluding diaryl/α,β-unsaturated/α-hetero) is 1. The van der Waals surface area contributed by atoms with Crippen LogP contribution >= 0.6 is 0 Å². The molecule has 0 spiro atoms. The number of rotatable bonds is 2. The third-order valence-electron chi connectivity index (χ3n) is 3.65. The summed E-state index contributed by atoms with van der Waals surface area (Å²) in [4.78, 5) is 15.8. The van der Waals surface area contributed by atoms with Crippen molar-refractivity contribution in [1.29, 1.82) is 0 Å². The van der Waals surface area contributed by atoms with Gasteiger partial charge in [-0.05, 0) is 30.9 Å². The maximum Gasteiger partial charge on any atom is 0.417 e. The molecule has 104 valence electrons. The van der Waals surface area contributed by atoms with Crippen molar-refractivity contribution in [2.24, 2.45) is 11.8 Å². The molecule has 5 heteroatoms. The quantitative estimate of drug-likeness (QED) is 0.758. The Labute approximate surface area is 110 Å². The van der Waals surface area contributed by atoms with Crippen LogP contribution in [-0.2, 0) is 6.18 Å². The molecule has 2 rings (SSSR count). The van der Waals surface area contributed by atoms with Crippen LogP contribution in [0.4, 0.5) is 13.2 Å². The average molecular weight is 271 g/mol. The topological polar surface area (TPSA) is 30.0 Å². The van der Waals surface area contributed by atoms with Gasteiger partial charge >= 0.3 is 6.18 Å². The molecule has 0 aromatic carbocycles. The molecular weight excluding hydrogens is 255 g/mol. The Bertz CT molecular complexity index is 453. The van der Waals surface area contributed by atoms with E-state index in [-0.39, 0.29) is 17.4 Å². The highest BCUT2D eigenvalue weighted by molar-refractivity contribution is 5.96. The molecule has 2 atom stereocenters. The Morgan fingerprint density at radius 1 is 1.32 bits per heavy atom. The van der Waals surface area contributed by atoms with Crippen molar-refractivity contribution in [3.63, 3.8) is 0 Å². The third kappa shape index (κ3) is 3.33. The minimum Gasteiger partial charge on any atom is -0.292 e. The average Bonchev–Trinajstić information content (AvgIpc) is 2.37. The number of hydrogen-bond acceptors (Lipinski definition) is 2. The number of carbonyl (C=O) groups is 1. The summed E-state index contributed by atoms with van der Waals surface area (Å²) in [5, 5.41) is 0. The van der Waals surface area contributed by atoms with Crippen LogP contribution in [0.3, 0.4) is 0 Å². The van der Waals surface area contributed by atoms with Crippen molar-refractivity contribution >= 4 is 5.78 Å². The van der Waals surface area contributed by atoms with Crippen LogP contribution in [0.5, 0.6) is 0 Å². The molecule has 0 saturated heterocycles. The fraction of sp³-hybridized carbons (Fsp3) is 0.571. The number of carbonyl (C=O) groups excluding carboxylic acids is 1. The highest BCUT2D eigenvalue weighted by Crippen LogP contribution is 2.32. The summed E-state index contributed by atoms with van der Waals surface area (Å²) in [6.07, 6.45) is 0.0588. The first-order valence-corrected chi connectivity index (χ1v) is 6.45. The minimum absolute atomic E-state index is 0.0898. The largest absolute Gasteiger partial charge is 0.417 e. The number of aromatic nitrogens is 1. The maximum absolute atomic E-state index is 12.4. The fourth-order valence-corrected chi connectivity index (χ4v) is 2.59. The van der Waals surface area contributed by atoms with Crippen LogP contribution in [0, 0.1) is 11.8 Å². The first kappa shape index (κ1) is 14.0. The van der Waals surface area contributed by atoms with Gasteiger partial charge in [-0.1, -0.05) is 19.8 Å². The fourth-order valence-electron chi connectivity index (χ4n) is 2.59. The summed E-state index contributed by atoms with van der Waals surface area (Å²) in [5.41, 5.74) is -0.673. The van der Waals surface area contributed by atoms with E-state index in [1.165, 1.54) is 6.07 Å². The molecule has 0 N–H and O–H groups in total. The van der Waals surface area contributed by atoms with Gasteiger partial charge in [0.2, 0.25) is 0 Å². The van der Waals surface area contributed by atoms with E-state index in [1.54, 1.807) is 0 Å². The van der Waals surface area contributed by atoms with Crippen molar-refractivity contribution in [2.75, 3.05) is 0 Å². The van der Waals surface area contributed by atoms with E-state index in [1.807, 2.05) is 0 Å². The zero-order valence-electron chi connectivity index (χ0n) is 10.7. The van der Waals surface area contributed by atoms with E-state index in [0.717, 1.165) is 37.9 Å². The molecule has 1 aliphatic carbocycles. The third-order valence-corrected chi connectivity index (χ3v) is 3.65. The number of ketones is 1. The minimum atomic E-state index is -4.41. The van der Waals surface area contributed by atoms with Crippen molar-refractivity contribution in [1.82, 2.24) is 4.98 Å². The zero-order chi connectivity index (χ0) is 14.0. The van der Waals surface area contributed by atoms with Crippen molar-refractivity contribution in [2.45, 2.75) is 38.8 Å². The number of halogens is 3. The summed E-state index contributed by atoms with van der Waals surface area (Å²) in [7, 11) is 0. The molecule has 1 fully saturated rings. The van der Waals surface area contributed by atoms with Gasteiger partial charge in [-0.25, -0.2) is 0 Å². The lowest BCUT2D eigenvalue weighted by molar-refractivity contribution is -0.137. The molecule has 1 aromatic rings. The Morgan fingerprint density at radius 3 is 2.58 bits per heavy atom. The van der Waals surface area contributed by atoms with Crippen LogP contribution in [0.2, 0.25) is 0 Å². The second-order valence-electron chi connectivity index (χ2n) is 5.26. The SMILES string of the molecule is CC1CCCC(C(=O)c2ccc(C(F)(F)F)cn2)C1. The van der Waals surface area contributed by atoms with Gasteiger partial charge in [0, 0.05) is 12.1 Å². The van der Waals surface area contributed by atoms with Gasteiger partial charge in [-0.2, -0.15) is 13.2 Å². The lowest BCUT2D eigenvalue weighted by atomic mass is 9.79. The zero-order valence-corrected chi connectivity index (χ0v) is 10.7. The van der Waals surface area contributed by atoms with E-state index in [9.17, 15) is 18.0 Å². The molecule has 0 amide bonds. The van der Waals surface area contributed by atoms with E-state index < -0.39 is 11.7 Å². The summed E-state index contributed by atoms with van der Waals surface area (Å²) in [6, 6.07) is 2.11. The normalized spacial score (nSPS) is 24.2. The molecule has 2 unspecified atom stereocenters. The van der Waals surface area contributed by atoms with Gasteiger partial charge in [0.15, 0.2) is 5.78 Å². The Hall–Kier alpha value is -1.39. The molecule has 0 radical (unpaired) electrons. The van der Waals surface area contributed by atoms with Crippen LogP contribution in [0.1, 0.15) is 48.7 Å². The molecule has 1 aliphatic rings. The molecular formula is C14H16F3NO. The molecule has 1 saturated carbocycles. The van der Waals surface area contributed by atoms with E-state index in [0.29, 0.717) is 5.92 Å². The van der Waals surface area contributed by atoms with Gasteiger partial charge in [-0.15, -0.1) is 0 Å². The smallest absolute Gasteiger partial charge is 0.292 e. The van der Waals surface area contributed by atoms with Crippen molar-refractivity contribution in [3.8, 4) is 0 Å². The van der Waals surface area contributed by atoms with E-state index in [4.69, 9.17) is 0 Å². The maximum atomic E-state index is 12.4. The van der Waals surface area contributed by atoms with E-state index in [2.05, 4.69) is 11.9 Å². The highest BCUT2D eigenvalue weighted by atomic mass is 19.4. The Kier molecular flexibility index (Phi) is 3.92. The van der Waals surface area contributed by atoms with Crippen molar-refractivity contribution < 1.29 is 18.0 Å². The lowest BCUT2D eigenvalue weighted by Gasteiger charge is -2.25. The summed E-state index contributed by atoms with van der Waals surface area (Å²) < 4.78 is 37.2. The van der Waals surface area contributed by atoms with Crippen LogP contribution < -0.4 is 0 Å². The molecule has 0 bridgehead atoms. The standard InChI is InChI=1S/C14H16F3NO/c1-9-3-2-4-10(7-9)13(19)12-6-5-11(8-18-12)14(15,16)17/h5-6,8-10H,2-4,7H2,1H3. The lowest BCUT2D eigenvalue weighted by Crippen LogP contribution is -2.22. The summed E-state index contributed by atoms with van der Waals surface area (Å²) >= 11 is 0. The Morgan fingerprint density at radius 2 is 2.05 bits per heavy atom. The van der Waals surface area contributed by atoms with Gasteiger partial charge in [-0.3, -0.25) is 9.78 Å². The molecule has 19 heavy (non-hydrogen) atoms. The van der Waals surface area contributed by atoms with Crippen LogP contribution in [0.25, 0.3) is 0 Å². The van der Waals surface area contributed by atoms with E-state index >= 15 is 0 Å². The summed E-state index contributed by atoms with van der Waals surface area (Å²) in [5.74, 6) is 0.283. The second-order valence-corrected chi connectivity index (χ2v) is 5.26. The predicted molar refractivity (Wildman–Crippen MR) is 64.7 cm³/mol. The second kappa shape index (κ2) is 5.31. The molecule has 1 heterocycles. The monoisotopic (exact) mass is 271 g/mol. The van der Waals surface area contributed by atoms with Gasteiger partial charge in [0.05, 0.1) is 5.56 Å². The number of hydrogen-bond donors (Lipinski definition) is 0. The van der Waals surface area contributed by atoms with Gasteiger partial charge in [0.1, 0.15) is 5.69 Å². The van der Waals surface area contributed by atoms with Gasteiger partial charge in [0.25, 0.3) is 0 Å².